The normalized spacial score (nSPS) is 11.9. The van der Waals surface area contributed by atoms with Gasteiger partial charge < -0.3 is 9.47 Å². The minimum Gasteiger partial charge on any atom is -0.465 e. The van der Waals surface area contributed by atoms with E-state index in [-0.39, 0.29) is 29.3 Å². The van der Waals surface area contributed by atoms with Gasteiger partial charge >= 0.3 is 11.9 Å². The molecule has 0 aliphatic heterocycles. The van der Waals surface area contributed by atoms with E-state index in [0.29, 0.717) is 11.1 Å². The van der Waals surface area contributed by atoms with Gasteiger partial charge in [-0.2, -0.15) is 0 Å². The summed E-state index contributed by atoms with van der Waals surface area (Å²) in [6.07, 6.45) is 0. The molecule has 1 amide bonds. The number of benzene rings is 3. The van der Waals surface area contributed by atoms with E-state index in [4.69, 9.17) is 9.47 Å². The van der Waals surface area contributed by atoms with Crippen LogP contribution >= 0.6 is 0 Å². The molecule has 0 saturated heterocycles. The maximum absolute atomic E-state index is 13.8. The van der Waals surface area contributed by atoms with E-state index in [1.165, 1.54) is 12.1 Å². The Morgan fingerprint density at radius 1 is 0.737 bits per heavy atom. The fraction of sp³-hybridized carbons (Fsp3) is 0.207. The van der Waals surface area contributed by atoms with Crippen molar-refractivity contribution < 1.29 is 32.3 Å². The van der Waals surface area contributed by atoms with Crippen LogP contribution in [0.5, 0.6) is 0 Å². The molecule has 0 bridgehead atoms. The summed E-state index contributed by atoms with van der Waals surface area (Å²) in [5.74, 6) is -4.52. The van der Waals surface area contributed by atoms with Crippen LogP contribution in [-0.4, -0.2) is 39.5 Å². The van der Waals surface area contributed by atoms with E-state index in [9.17, 15) is 22.8 Å². The first-order valence-corrected chi connectivity index (χ1v) is 13.5. The van der Waals surface area contributed by atoms with Gasteiger partial charge in [0.25, 0.3) is 15.9 Å². The molecule has 0 aromatic heterocycles. The van der Waals surface area contributed by atoms with Gasteiger partial charge in [0.05, 0.1) is 23.7 Å². The predicted octanol–water partition coefficient (Wildman–Crippen LogP) is 4.15. The Morgan fingerprint density at radius 3 is 1.68 bits per heavy atom. The van der Waals surface area contributed by atoms with E-state index in [1.54, 1.807) is 86.6 Å². The predicted molar refractivity (Wildman–Crippen MR) is 143 cm³/mol. The average molecular weight is 536 g/mol. The van der Waals surface area contributed by atoms with Crippen LogP contribution in [0.4, 0.5) is 0 Å². The van der Waals surface area contributed by atoms with Gasteiger partial charge in [-0.25, -0.2) is 13.1 Å². The summed E-state index contributed by atoms with van der Waals surface area (Å²) in [4.78, 5) is 40.0. The number of hydrogen-bond donors (Lipinski definition) is 1. The molecular weight excluding hydrogens is 506 g/mol. The number of nitrogens with one attached hydrogen (secondary N) is 1. The van der Waals surface area contributed by atoms with E-state index >= 15 is 0 Å². The molecule has 0 unspecified atom stereocenters. The summed E-state index contributed by atoms with van der Waals surface area (Å²) in [5, 5.41) is 0. The molecule has 1 N–H and O–H groups in total. The van der Waals surface area contributed by atoms with Crippen molar-refractivity contribution in [3.05, 3.63) is 102 Å². The topological polar surface area (TPSA) is 116 Å². The highest BCUT2D eigenvalue weighted by molar-refractivity contribution is 7.90. The number of esters is 2. The molecule has 38 heavy (non-hydrogen) atoms. The van der Waals surface area contributed by atoms with Gasteiger partial charge in [-0.15, -0.1) is 0 Å². The summed E-state index contributed by atoms with van der Waals surface area (Å²) < 4.78 is 38.8. The molecule has 0 fully saturated rings. The molecule has 0 saturated carbocycles. The first-order valence-electron chi connectivity index (χ1n) is 12.0. The van der Waals surface area contributed by atoms with Crippen molar-refractivity contribution in [1.29, 1.82) is 0 Å². The Kier molecular flexibility index (Phi) is 9.56. The van der Waals surface area contributed by atoms with Crippen LogP contribution in [0.2, 0.25) is 0 Å². The van der Waals surface area contributed by atoms with Gasteiger partial charge in [-0.05, 0) is 49.6 Å². The zero-order valence-corrected chi connectivity index (χ0v) is 22.2. The number of carbonyl (C=O) groups is 3. The van der Waals surface area contributed by atoms with Crippen molar-refractivity contribution >= 4 is 39.0 Å². The Labute approximate surface area is 222 Å². The first-order chi connectivity index (χ1) is 18.2. The monoisotopic (exact) mass is 535 g/mol. The Bertz CT molecular complexity index is 1400. The second kappa shape index (κ2) is 12.8. The van der Waals surface area contributed by atoms with Crippen LogP contribution in [0.15, 0.2) is 89.8 Å². The van der Waals surface area contributed by atoms with Crippen molar-refractivity contribution in [2.75, 3.05) is 13.2 Å². The SMILES string of the molecule is CCOC(=O)C(C(=O)OCC)/C(=C(\C(=O)NS(=O)(=O)c1ccc(C)cc1)c1ccccc1)c1ccccc1. The van der Waals surface area contributed by atoms with Gasteiger partial charge in [-0.3, -0.25) is 14.4 Å². The van der Waals surface area contributed by atoms with Crippen LogP contribution < -0.4 is 4.72 Å². The molecule has 0 spiro atoms. The van der Waals surface area contributed by atoms with Crippen LogP contribution in [0, 0.1) is 12.8 Å². The summed E-state index contributed by atoms with van der Waals surface area (Å²) in [5.41, 5.74) is 1.27. The fourth-order valence-electron chi connectivity index (χ4n) is 3.82. The third-order valence-electron chi connectivity index (χ3n) is 5.54. The molecule has 0 heterocycles. The van der Waals surface area contributed by atoms with E-state index in [0.717, 1.165) is 5.56 Å². The van der Waals surface area contributed by atoms with Gasteiger partial charge in [-0.1, -0.05) is 78.4 Å². The smallest absolute Gasteiger partial charge is 0.324 e. The minimum atomic E-state index is -4.30. The van der Waals surface area contributed by atoms with Crippen LogP contribution in [-0.2, 0) is 33.9 Å². The maximum Gasteiger partial charge on any atom is 0.324 e. The number of carbonyl (C=O) groups excluding carboxylic acids is 3. The second-order valence-corrected chi connectivity index (χ2v) is 9.89. The molecule has 9 heteroatoms. The lowest BCUT2D eigenvalue weighted by Gasteiger charge is -2.22. The lowest BCUT2D eigenvalue weighted by atomic mass is 9.85. The Hall–Kier alpha value is -4.24. The van der Waals surface area contributed by atoms with Gasteiger partial charge in [0, 0.05) is 0 Å². The minimum absolute atomic E-state index is 0.0223. The largest absolute Gasteiger partial charge is 0.465 e. The number of ether oxygens (including phenoxy) is 2. The number of amides is 1. The van der Waals surface area contributed by atoms with Crippen LogP contribution in [0.1, 0.15) is 30.5 Å². The molecular formula is C29H29NO7S. The van der Waals surface area contributed by atoms with Crippen molar-refractivity contribution in [2.24, 2.45) is 5.92 Å². The van der Waals surface area contributed by atoms with E-state index in [1.807, 2.05) is 6.92 Å². The van der Waals surface area contributed by atoms with Crippen molar-refractivity contribution in [1.82, 2.24) is 4.72 Å². The van der Waals surface area contributed by atoms with Gasteiger partial charge in [0.1, 0.15) is 0 Å². The highest BCUT2D eigenvalue weighted by atomic mass is 32.2. The third kappa shape index (κ3) is 6.74. The van der Waals surface area contributed by atoms with Gasteiger partial charge in [0.15, 0.2) is 5.92 Å². The number of hydrogen-bond acceptors (Lipinski definition) is 7. The lowest BCUT2D eigenvalue weighted by Crippen LogP contribution is -2.35. The summed E-state index contributed by atoms with van der Waals surface area (Å²) in [7, 11) is -4.30. The highest BCUT2D eigenvalue weighted by Crippen LogP contribution is 2.35. The quantitative estimate of drug-likeness (QED) is 0.179. The summed E-state index contributed by atoms with van der Waals surface area (Å²) in [6, 6.07) is 22.5. The molecule has 0 radical (unpaired) electrons. The van der Waals surface area contributed by atoms with Crippen LogP contribution in [0.25, 0.3) is 11.1 Å². The number of sulfonamides is 1. The molecule has 3 rings (SSSR count). The summed E-state index contributed by atoms with van der Waals surface area (Å²) >= 11 is 0. The van der Waals surface area contributed by atoms with Crippen molar-refractivity contribution in [3.8, 4) is 0 Å². The second-order valence-electron chi connectivity index (χ2n) is 8.21. The zero-order chi connectivity index (χ0) is 27.7. The number of aryl methyl sites for hydroxylation is 1. The third-order valence-corrected chi connectivity index (χ3v) is 6.88. The maximum atomic E-state index is 13.8. The first kappa shape index (κ1) is 28.3. The summed E-state index contributed by atoms with van der Waals surface area (Å²) in [6.45, 7) is 4.94. The molecule has 0 aliphatic carbocycles. The lowest BCUT2D eigenvalue weighted by molar-refractivity contribution is -0.158. The molecule has 3 aromatic rings. The highest BCUT2D eigenvalue weighted by Gasteiger charge is 2.38. The van der Waals surface area contributed by atoms with Crippen LogP contribution in [0.3, 0.4) is 0 Å². The molecule has 3 aromatic carbocycles. The Morgan fingerprint density at radius 2 is 1.21 bits per heavy atom. The molecule has 198 valence electrons. The molecule has 0 aliphatic rings. The Balaban J connectivity index is 2.31. The molecule has 0 atom stereocenters. The zero-order valence-electron chi connectivity index (χ0n) is 21.3. The fourth-order valence-corrected chi connectivity index (χ4v) is 4.78. The van der Waals surface area contributed by atoms with Crippen molar-refractivity contribution in [2.45, 2.75) is 25.7 Å². The molecule has 8 nitrogen and oxygen atoms in total. The van der Waals surface area contributed by atoms with E-state index < -0.39 is 33.8 Å². The van der Waals surface area contributed by atoms with Gasteiger partial charge in [0.2, 0.25) is 0 Å². The average Bonchev–Trinajstić information content (AvgIpc) is 2.89. The number of rotatable bonds is 10. The van der Waals surface area contributed by atoms with Crippen molar-refractivity contribution in [3.63, 3.8) is 0 Å². The standard InChI is InChI=1S/C29H29NO7S/c1-4-36-28(32)26(29(33)37-5-2)24(21-12-8-6-9-13-21)25(22-14-10-7-11-15-22)27(31)30-38(34,35)23-18-16-20(3)17-19-23/h6-19,26H,4-5H2,1-3H3,(H,30,31)/b25-24-. The van der Waals surface area contributed by atoms with E-state index in [2.05, 4.69) is 4.72 Å².